The highest BCUT2D eigenvalue weighted by Gasteiger charge is 2.30. The Kier molecular flexibility index (Phi) is 13.1. The molecule has 0 amide bonds. The average molecular weight is 539 g/mol. The highest BCUT2D eigenvalue weighted by atomic mass is 16.3. The molecule has 0 aliphatic heterocycles. The summed E-state index contributed by atoms with van der Waals surface area (Å²) in [4.78, 5) is 0. The van der Waals surface area contributed by atoms with E-state index in [1.807, 2.05) is 18.2 Å². The molecular formula is C39H54O. The summed E-state index contributed by atoms with van der Waals surface area (Å²) in [5.41, 5.74) is 9.49. The molecule has 216 valence electrons. The third-order valence-corrected chi connectivity index (χ3v) is 8.26. The lowest BCUT2D eigenvalue weighted by molar-refractivity contribution is 0.163. The van der Waals surface area contributed by atoms with E-state index in [2.05, 4.69) is 135 Å². The van der Waals surface area contributed by atoms with E-state index in [0.29, 0.717) is 0 Å². The van der Waals surface area contributed by atoms with Gasteiger partial charge in [-0.1, -0.05) is 141 Å². The van der Waals surface area contributed by atoms with Crippen LogP contribution in [0.2, 0.25) is 0 Å². The summed E-state index contributed by atoms with van der Waals surface area (Å²) in [5.74, 6) is 0. The Labute approximate surface area is 246 Å². The molecule has 0 fully saturated rings. The molecule has 2 aliphatic rings. The Balaban J connectivity index is 1.84. The van der Waals surface area contributed by atoms with Crippen molar-refractivity contribution in [2.75, 3.05) is 0 Å². The Morgan fingerprint density at radius 2 is 1.12 bits per heavy atom. The number of hydrogen-bond acceptors (Lipinski definition) is 1. The van der Waals surface area contributed by atoms with Crippen molar-refractivity contribution in [1.82, 2.24) is 0 Å². The molecule has 0 spiro atoms. The van der Waals surface area contributed by atoms with E-state index in [1.54, 1.807) is 5.57 Å². The molecule has 0 bridgehead atoms. The minimum Gasteiger partial charge on any atom is -0.389 e. The topological polar surface area (TPSA) is 20.2 Å². The molecule has 0 saturated carbocycles. The number of rotatable bonds is 10. The molecule has 1 unspecified atom stereocenters. The highest BCUT2D eigenvalue weighted by Crippen LogP contribution is 2.41. The quantitative estimate of drug-likeness (QED) is 0.274. The molecule has 40 heavy (non-hydrogen) atoms. The second kappa shape index (κ2) is 15.8. The molecule has 1 heteroatoms. The Hall–Kier alpha value is -2.90. The number of hydrogen-bond donors (Lipinski definition) is 1. The van der Waals surface area contributed by atoms with Crippen molar-refractivity contribution in [2.24, 2.45) is 10.8 Å². The smallest absolute Gasteiger partial charge is 0.0753 e. The Morgan fingerprint density at radius 3 is 1.70 bits per heavy atom. The van der Waals surface area contributed by atoms with Crippen molar-refractivity contribution < 1.29 is 5.11 Å². The van der Waals surface area contributed by atoms with E-state index in [-0.39, 0.29) is 16.9 Å². The summed E-state index contributed by atoms with van der Waals surface area (Å²) in [7, 11) is 0. The monoisotopic (exact) mass is 538 g/mol. The van der Waals surface area contributed by atoms with Gasteiger partial charge >= 0.3 is 0 Å². The largest absolute Gasteiger partial charge is 0.389 e. The van der Waals surface area contributed by atoms with E-state index in [1.165, 1.54) is 47.1 Å². The predicted octanol–water partition coefficient (Wildman–Crippen LogP) is 11.2. The number of allylic oxidation sites excluding steroid dienone is 21. The second-order valence-electron chi connectivity index (χ2n) is 12.9. The van der Waals surface area contributed by atoms with Gasteiger partial charge in [-0.05, 0) is 94.3 Å². The second-order valence-corrected chi connectivity index (χ2v) is 12.9. The van der Waals surface area contributed by atoms with Crippen molar-refractivity contribution in [3.05, 3.63) is 130 Å². The number of aliphatic hydroxyl groups is 1. The molecule has 1 nitrogen and oxygen atoms in total. The molecule has 2 rings (SSSR count). The molecular weight excluding hydrogens is 484 g/mol. The van der Waals surface area contributed by atoms with Gasteiger partial charge in [-0.2, -0.15) is 0 Å². The SMILES string of the molecule is CC1=C(/C=C/C(C)=C/C=C/C(C)=C/C=C/C=C/C=C/C=C(C)/C=C/C2=C(C)C(O)CCC2(C)C)C(C)(C)CCC1. The fourth-order valence-electron chi connectivity index (χ4n) is 5.55. The first kappa shape index (κ1) is 33.3. The fourth-order valence-corrected chi connectivity index (χ4v) is 5.55. The summed E-state index contributed by atoms with van der Waals surface area (Å²) in [5, 5.41) is 10.2. The molecule has 2 aliphatic carbocycles. The molecule has 1 atom stereocenters. The summed E-state index contributed by atoms with van der Waals surface area (Å²) in [6.07, 6.45) is 37.3. The number of aliphatic hydroxyl groups excluding tert-OH is 1. The molecule has 0 aromatic heterocycles. The van der Waals surface area contributed by atoms with Gasteiger partial charge in [0.25, 0.3) is 0 Å². The fraction of sp³-hybridized carbons (Fsp3) is 0.436. The minimum atomic E-state index is -0.306. The van der Waals surface area contributed by atoms with Gasteiger partial charge in [0.05, 0.1) is 6.10 Å². The van der Waals surface area contributed by atoms with Crippen LogP contribution in [0.15, 0.2) is 130 Å². The van der Waals surface area contributed by atoms with E-state index in [0.717, 1.165) is 18.4 Å². The van der Waals surface area contributed by atoms with Crippen molar-refractivity contribution in [3.63, 3.8) is 0 Å². The summed E-state index contributed by atoms with van der Waals surface area (Å²) >= 11 is 0. The predicted molar refractivity (Wildman–Crippen MR) is 178 cm³/mol. The van der Waals surface area contributed by atoms with Gasteiger partial charge in [0.2, 0.25) is 0 Å². The van der Waals surface area contributed by atoms with Gasteiger partial charge < -0.3 is 5.11 Å². The van der Waals surface area contributed by atoms with Crippen LogP contribution in [-0.2, 0) is 0 Å². The highest BCUT2D eigenvalue weighted by molar-refractivity contribution is 5.39. The van der Waals surface area contributed by atoms with Crippen molar-refractivity contribution in [2.45, 2.75) is 101 Å². The Bertz CT molecular complexity index is 1210. The van der Waals surface area contributed by atoms with E-state index in [9.17, 15) is 5.11 Å². The van der Waals surface area contributed by atoms with Crippen LogP contribution in [0.4, 0.5) is 0 Å². The first-order chi connectivity index (χ1) is 18.8. The molecule has 0 saturated heterocycles. The third kappa shape index (κ3) is 10.9. The van der Waals surface area contributed by atoms with Gasteiger partial charge in [0, 0.05) is 0 Å². The molecule has 0 radical (unpaired) electrons. The zero-order valence-electron chi connectivity index (χ0n) is 26.7. The molecule has 0 aromatic carbocycles. The average Bonchev–Trinajstić information content (AvgIpc) is 2.87. The zero-order chi connectivity index (χ0) is 29.8. The van der Waals surface area contributed by atoms with E-state index < -0.39 is 0 Å². The lowest BCUT2D eigenvalue weighted by Gasteiger charge is -2.35. The summed E-state index contributed by atoms with van der Waals surface area (Å²) in [6, 6.07) is 0. The maximum Gasteiger partial charge on any atom is 0.0753 e. The standard InChI is InChI=1S/C39H54O/c1-30(20-16-21-32(3)23-25-35-33(4)22-17-28-38(35,6)7)18-14-12-10-11-13-15-19-31(2)24-26-36-34(5)37(40)27-29-39(36,8)9/h10-16,18-21,23-26,37,40H,17,22,27-29H2,1-9H3/b11-10+,14-12+,15-13+,20-16+,25-23+,26-24+,30-18+,31-19+,32-21+. The van der Waals surface area contributed by atoms with E-state index >= 15 is 0 Å². The van der Waals surface area contributed by atoms with E-state index in [4.69, 9.17) is 0 Å². The van der Waals surface area contributed by atoms with Crippen LogP contribution in [0.1, 0.15) is 94.4 Å². The normalized spacial score (nSPS) is 23.6. The van der Waals surface area contributed by atoms with Gasteiger partial charge in [-0.3, -0.25) is 0 Å². The molecule has 0 heterocycles. The van der Waals surface area contributed by atoms with Crippen molar-refractivity contribution >= 4 is 0 Å². The van der Waals surface area contributed by atoms with Gasteiger partial charge in [-0.25, -0.2) is 0 Å². The van der Waals surface area contributed by atoms with Crippen molar-refractivity contribution in [1.29, 1.82) is 0 Å². The lowest BCUT2D eigenvalue weighted by atomic mass is 9.71. The summed E-state index contributed by atoms with van der Waals surface area (Å²) < 4.78 is 0. The van der Waals surface area contributed by atoms with Crippen LogP contribution in [-0.4, -0.2) is 11.2 Å². The van der Waals surface area contributed by atoms with Crippen LogP contribution < -0.4 is 0 Å². The van der Waals surface area contributed by atoms with Crippen molar-refractivity contribution in [3.8, 4) is 0 Å². The first-order valence-electron chi connectivity index (χ1n) is 15.0. The maximum absolute atomic E-state index is 10.2. The van der Waals surface area contributed by atoms with Crippen LogP contribution in [0.25, 0.3) is 0 Å². The van der Waals surface area contributed by atoms with Gasteiger partial charge in [0.15, 0.2) is 0 Å². The molecule has 1 N–H and O–H groups in total. The minimum absolute atomic E-state index is 0.115. The maximum atomic E-state index is 10.2. The Morgan fingerprint density at radius 1 is 0.650 bits per heavy atom. The zero-order valence-corrected chi connectivity index (χ0v) is 26.7. The van der Waals surface area contributed by atoms with Gasteiger partial charge in [0.1, 0.15) is 0 Å². The summed E-state index contributed by atoms with van der Waals surface area (Å²) in [6.45, 7) is 20.0. The third-order valence-electron chi connectivity index (χ3n) is 8.26. The van der Waals surface area contributed by atoms with Crippen LogP contribution in [0.3, 0.4) is 0 Å². The van der Waals surface area contributed by atoms with Gasteiger partial charge in [-0.15, -0.1) is 0 Å². The first-order valence-corrected chi connectivity index (χ1v) is 15.0. The van der Waals surface area contributed by atoms with Crippen LogP contribution >= 0.6 is 0 Å². The lowest BCUT2D eigenvalue weighted by Crippen LogP contribution is -2.27. The van der Waals surface area contributed by atoms with Crippen LogP contribution in [0.5, 0.6) is 0 Å². The molecule has 0 aromatic rings. The van der Waals surface area contributed by atoms with Crippen LogP contribution in [0, 0.1) is 10.8 Å².